The molecule has 2 aromatic rings. The second-order valence-corrected chi connectivity index (χ2v) is 3.65. The van der Waals surface area contributed by atoms with Crippen molar-refractivity contribution in [2.75, 3.05) is 0 Å². The quantitative estimate of drug-likeness (QED) is 0.847. The van der Waals surface area contributed by atoms with Gasteiger partial charge in [-0.3, -0.25) is 0 Å². The van der Waals surface area contributed by atoms with Crippen LogP contribution in [0.4, 0.5) is 0 Å². The van der Waals surface area contributed by atoms with Crippen LogP contribution >= 0.6 is 0 Å². The van der Waals surface area contributed by atoms with Crippen LogP contribution < -0.4 is 4.74 Å². The SMILES string of the molecule is Cc1cc(O)cc(OCc2nncn2C)c1. The summed E-state index contributed by atoms with van der Waals surface area (Å²) >= 11 is 0. The number of hydrogen-bond acceptors (Lipinski definition) is 4. The first-order chi connectivity index (χ1) is 7.65. The van der Waals surface area contributed by atoms with Crippen molar-refractivity contribution in [1.82, 2.24) is 14.8 Å². The average Bonchev–Trinajstić information content (AvgIpc) is 2.59. The number of ether oxygens (including phenoxy) is 1. The Kier molecular flexibility index (Phi) is 2.76. The molecule has 2 rings (SSSR count). The molecule has 0 aliphatic carbocycles. The van der Waals surface area contributed by atoms with Gasteiger partial charge >= 0.3 is 0 Å². The van der Waals surface area contributed by atoms with Crippen LogP contribution in [-0.4, -0.2) is 19.9 Å². The van der Waals surface area contributed by atoms with Crippen LogP contribution in [0.2, 0.25) is 0 Å². The number of aromatic hydroxyl groups is 1. The minimum absolute atomic E-state index is 0.202. The van der Waals surface area contributed by atoms with E-state index in [1.165, 1.54) is 0 Å². The van der Waals surface area contributed by atoms with Crippen LogP contribution in [0.15, 0.2) is 24.5 Å². The van der Waals surface area contributed by atoms with Gasteiger partial charge in [-0.2, -0.15) is 0 Å². The molecule has 0 fully saturated rings. The molecule has 5 heteroatoms. The minimum atomic E-state index is 0.202. The molecular weight excluding hydrogens is 206 g/mol. The Morgan fingerprint density at radius 2 is 2.19 bits per heavy atom. The van der Waals surface area contributed by atoms with Gasteiger partial charge in [0.25, 0.3) is 0 Å². The van der Waals surface area contributed by atoms with Gasteiger partial charge in [-0.15, -0.1) is 10.2 Å². The van der Waals surface area contributed by atoms with Crippen molar-refractivity contribution in [1.29, 1.82) is 0 Å². The Morgan fingerprint density at radius 1 is 1.38 bits per heavy atom. The Morgan fingerprint density at radius 3 is 2.81 bits per heavy atom. The summed E-state index contributed by atoms with van der Waals surface area (Å²) in [6, 6.07) is 5.11. The summed E-state index contributed by atoms with van der Waals surface area (Å²) in [7, 11) is 1.85. The minimum Gasteiger partial charge on any atom is -0.508 e. The largest absolute Gasteiger partial charge is 0.508 e. The zero-order chi connectivity index (χ0) is 11.5. The smallest absolute Gasteiger partial charge is 0.170 e. The maximum absolute atomic E-state index is 9.39. The van der Waals surface area contributed by atoms with E-state index in [0.29, 0.717) is 12.4 Å². The molecule has 0 bridgehead atoms. The molecule has 0 aliphatic rings. The van der Waals surface area contributed by atoms with Crippen LogP contribution in [0.3, 0.4) is 0 Å². The number of benzene rings is 1. The number of aromatic nitrogens is 3. The van der Waals surface area contributed by atoms with Crippen LogP contribution in [0.5, 0.6) is 11.5 Å². The first-order valence-electron chi connectivity index (χ1n) is 4.91. The molecule has 0 aliphatic heterocycles. The summed E-state index contributed by atoms with van der Waals surface area (Å²) < 4.78 is 7.30. The van der Waals surface area contributed by atoms with Gasteiger partial charge in [0.05, 0.1) is 0 Å². The fraction of sp³-hybridized carbons (Fsp3) is 0.273. The zero-order valence-corrected chi connectivity index (χ0v) is 9.21. The monoisotopic (exact) mass is 219 g/mol. The lowest BCUT2D eigenvalue weighted by molar-refractivity contribution is 0.289. The number of aryl methyl sites for hydroxylation is 2. The second kappa shape index (κ2) is 4.22. The average molecular weight is 219 g/mol. The van der Waals surface area contributed by atoms with Gasteiger partial charge in [-0.05, 0) is 24.6 Å². The molecule has 16 heavy (non-hydrogen) atoms. The predicted molar refractivity (Wildman–Crippen MR) is 58.2 cm³/mol. The Bertz CT molecular complexity index is 473. The zero-order valence-electron chi connectivity index (χ0n) is 9.21. The second-order valence-electron chi connectivity index (χ2n) is 3.65. The van der Waals surface area contributed by atoms with Gasteiger partial charge in [-0.1, -0.05) is 0 Å². The molecular formula is C11H13N3O2. The number of hydrogen-bond donors (Lipinski definition) is 1. The highest BCUT2D eigenvalue weighted by Crippen LogP contribution is 2.21. The molecule has 0 saturated heterocycles. The van der Waals surface area contributed by atoms with Crippen molar-refractivity contribution in [3.05, 3.63) is 35.9 Å². The van der Waals surface area contributed by atoms with Crippen LogP contribution in [-0.2, 0) is 13.7 Å². The topological polar surface area (TPSA) is 60.2 Å². The standard InChI is InChI=1S/C11H13N3O2/c1-8-3-9(15)5-10(4-8)16-6-11-13-12-7-14(11)2/h3-5,7,15H,6H2,1-2H3. The van der Waals surface area contributed by atoms with E-state index in [-0.39, 0.29) is 5.75 Å². The highest BCUT2D eigenvalue weighted by atomic mass is 16.5. The lowest BCUT2D eigenvalue weighted by Crippen LogP contribution is -2.03. The summed E-state index contributed by atoms with van der Waals surface area (Å²) in [4.78, 5) is 0. The first kappa shape index (κ1) is 10.5. The molecule has 0 saturated carbocycles. The number of phenols is 1. The summed E-state index contributed by atoms with van der Waals surface area (Å²) in [6.45, 7) is 2.23. The van der Waals surface area contributed by atoms with E-state index < -0.39 is 0 Å². The van der Waals surface area contributed by atoms with E-state index in [2.05, 4.69) is 10.2 Å². The van der Waals surface area contributed by atoms with Crippen molar-refractivity contribution in [3.63, 3.8) is 0 Å². The van der Waals surface area contributed by atoms with E-state index in [1.54, 1.807) is 23.0 Å². The molecule has 0 unspecified atom stereocenters. The van der Waals surface area contributed by atoms with Crippen LogP contribution in [0, 0.1) is 6.92 Å². The predicted octanol–water partition coefficient (Wildman–Crippen LogP) is 1.41. The summed E-state index contributed by atoms with van der Waals surface area (Å²) in [5, 5.41) is 17.0. The maximum Gasteiger partial charge on any atom is 0.170 e. The van der Waals surface area contributed by atoms with Gasteiger partial charge < -0.3 is 14.4 Å². The van der Waals surface area contributed by atoms with E-state index in [0.717, 1.165) is 11.4 Å². The van der Waals surface area contributed by atoms with E-state index in [1.807, 2.05) is 20.0 Å². The molecule has 0 atom stereocenters. The van der Waals surface area contributed by atoms with Crippen molar-refractivity contribution < 1.29 is 9.84 Å². The Balaban J connectivity index is 2.07. The third kappa shape index (κ3) is 2.31. The highest BCUT2D eigenvalue weighted by molar-refractivity contribution is 5.36. The lowest BCUT2D eigenvalue weighted by Gasteiger charge is -2.06. The molecule has 1 N–H and O–H groups in total. The molecule has 84 valence electrons. The van der Waals surface area contributed by atoms with Gasteiger partial charge in [0.2, 0.25) is 0 Å². The first-order valence-corrected chi connectivity index (χ1v) is 4.91. The summed E-state index contributed by atoms with van der Waals surface area (Å²) in [5.74, 6) is 1.56. The van der Waals surface area contributed by atoms with Crippen LogP contribution in [0.1, 0.15) is 11.4 Å². The fourth-order valence-corrected chi connectivity index (χ4v) is 1.40. The molecule has 0 radical (unpaired) electrons. The summed E-state index contributed by atoms with van der Waals surface area (Å²) in [6.07, 6.45) is 1.62. The number of phenolic OH excluding ortho intramolecular Hbond substituents is 1. The maximum atomic E-state index is 9.39. The van der Waals surface area contributed by atoms with E-state index in [9.17, 15) is 5.11 Å². The van der Waals surface area contributed by atoms with Gasteiger partial charge in [0.1, 0.15) is 24.4 Å². The van der Waals surface area contributed by atoms with Crippen molar-refractivity contribution in [3.8, 4) is 11.5 Å². The molecule has 0 amide bonds. The highest BCUT2D eigenvalue weighted by Gasteiger charge is 2.03. The number of rotatable bonds is 3. The van der Waals surface area contributed by atoms with E-state index >= 15 is 0 Å². The molecule has 0 spiro atoms. The Hall–Kier alpha value is -2.04. The number of nitrogens with zero attached hydrogens (tertiary/aromatic N) is 3. The molecule has 1 aromatic carbocycles. The van der Waals surface area contributed by atoms with Crippen molar-refractivity contribution >= 4 is 0 Å². The van der Waals surface area contributed by atoms with E-state index in [4.69, 9.17) is 4.74 Å². The van der Waals surface area contributed by atoms with Crippen molar-refractivity contribution in [2.45, 2.75) is 13.5 Å². The van der Waals surface area contributed by atoms with Crippen LogP contribution in [0.25, 0.3) is 0 Å². The van der Waals surface area contributed by atoms with Gasteiger partial charge in [0.15, 0.2) is 5.82 Å². The third-order valence-corrected chi connectivity index (χ3v) is 2.21. The molecule has 5 nitrogen and oxygen atoms in total. The van der Waals surface area contributed by atoms with Gasteiger partial charge in [-0.25, -0.2) is 0 Å². The Labute approximate surface area is 93.3 Å². The lowest BCUT2D eigenvalue weighted by atomic mass is 10.2. The third-order valence-electron chi connectivity index (χ3n) is 2.21. The van der Waals surface area contributed by atoms with Crippen molar-refractivity contribution in [2.24, 2.45) is 7.05 Å². The normalized spacial score (nSPS) is 10.4. The van der Waals surface area contributed by atoms with Gasteiger partial charge in [0, 0.05) is 13.1 Å². The molecule has 1 heterocycles. The molecule has 1 aromatic heterocycles. The fourth-order valence-electron chi connectivity index (χ4n) is 1.40. The summed E-state index contributed by atoms with van der Waals surface area (Å²) in [5.41, 5.74) is 0.952.